The Morgan fingerprint density at radius 2 is 0.478 bits per heavy atom. The quantitative estimate of drug-likeness (QED) is 0.121. The predicted molar refractivity (Wildman–Crippen MR) is 293 cm³/mol. The maximum Gasteiger partial charge on any atom is 0.0702 e. The molecule has 11 rings (SSSR count). The lowest BCUT2D eigenvalue weighted by molar-refractivity contribution is 1.22. The maximum atomic E-state index is 2.46. The van der Waals surface area contributed by atoms with Crippen molar-refractivity contribution in [1.82, 2.24) is 0 Å². The van der Waals surface area contributed by atoms with Crippen LogP contribution < -0.4 is 9.80 Å². The zero-order valence-electron chi connectivity index (χ0n) is 38.5. The summed E-state index contributed by atoms with van der Waals surface area (Å²) in [6, 6.07) is 103. The van der Waals surface area contributed by atoms with E-state index in [9.17, 15) is 0 Å². The molecule has 69 heavy (non-hydrogen) atoms. The third-order valence-corrected chi connectivity index (χ3v) is 13.0. The molecule has 0 saturated heterocycles. The molecular weight excluding hydrogens is 833 g/mol. The summed E-state index contributed by atoms with van der Waals surface area (Å²) in [6.07, 6.45) is 0. The Balaban J connectivity index is 1.11. The molecule has 0 fully saturated rings. The van der Waals surface area contributed by atoms with E-state index in [1.165, 1.54) is 50.1 Å². The fraction of sp³-hybridized carbons (Fsp3) is 0.0149. The van der Waals surface area contributed by atoms with Crippen molar-refractivity contribution in [3.8, 4) is 66.8 Å². The van der Waals surface area contributed by atoms with Gasteiger partial charge in [-0.3, -0.25) is 0 Å². The Labute approximate surface area is 406 Å². The van der Waals surface area contributed by atoms with Crippen LogP contribution in [0.1, 0.15) is 5.56 Å². The van der Waals surface area contributed by atoms with E-state index < -0.39 is 0 Å². The van der Waals surface area contributed by atoms with Crippen LogP contribution in [0.4, 0.5) is 34.1 Å². The Morgan fingerprint density at radius 3 is 0.884 bits per heavy atom. The van der Waals surface area contributed by atoms with Gasteiger partial charge in [-0.15, -0.1) is 0 Å². The summed E-state index contributed by atoms with van der Waals surface area (Å²) in [7, 11) is 0. The Hall–Kier alpha value is -8.98. The molecule has 0 aliphatic rings. The molecule has 0 radical (unpaired) electrons. The van der Waals surface area contributed by atoms with E-state index >= 15 is 0 Å². The van der Waals surface area contributed by atoms with E-state index in [0.29, 0.717) is 0 Å². The third-order valence-electron chi connectivity index (χ3n) is 13.0. The zero-order chi connectivity index (χ0) is 46.4. The molecule has 0 heterocycles. The highest BCUT2D eigenvalue weighted by atomic mass is 15.2. The van der Waals surface area contributed by atoms with E-state index in [4.69, 9.17) is 0 Å². The third kappa shape index (κ3) is 8.88. The van der Waals surface area contributed by atoms with E-state index in [1.54, 1.807) is 0 Å². The number of hydrogen-bond donors (Lipinski definition) is 0. The highest BCUT2D eigenvalue weighted by Gasteiger charge is 2.26. The van der Waals surface area contributed by atoms with Crippen molar-refractivity contribution in [3.63, 3.8) is 0 Å². The molecule has 0 spiro atoms. The largest absolute Gasteiger partial charge is 0.308 e. The fourth-order valence-electron chi connectivity index (χ4n) is 9.59. The van der Waals surface area contributed by atoms with Gasteiger partial charge >= 0.3 is 0 Å². The fourth-order valence-corrected chi connectivity index (χ4v) is 9.59. The Morgan fingerprint density at radius 1 is 0.203 bits per heavy atom. The zero-order valence-corrected chi connectivity index (χ0v) is 38.5. The second-order valence-corrected chi connectivity index (χ2v) is 17.4. The Kier molecular flexibility index (Phi) is 12.0. The maximum absolute atomic E-state index is 2.46. The molecule has 0 aliphatic heterocycles. The number of anilines is 6. The van der Waals surface area contributed by atoms with E-state index in [1.807, 2.05) is 0 Å². The van der Waals surface area contributed by atoms with Crippen LogP contribution in [-0.2, 0) is 0 Å². The molecule has 0 saturated carbocycles. The summed E-state index contributed by atoms with van der Waals surface area (Å²) >= 11 is 0. The van der Waals surface area contributed by atoms with E-state index in [2.05, 4.69) is 302 Å². The van der Waals surface area contributed by atoms with Crippen LogP contribution in [0, 0.1) is 6.92 Å². The number of para-hydroxylation sites is 4. The highest BCUT2D eigenvalue weighted by Crippen LogP contribution is 2.50. The molecule has 0 N–H and O–H groups in total. The summed E-state index contributed by atoms with van der Waals surface area (Å²) in [5.41, 5.74) is 21.6. The van der Waals surface area contributed by atoms with Crippen molar-refractivity contribution < 1.29 is 0 Å². The minimum absolute atomic E-state index is 1.04. The van der Waals surface area contributed by atoms with Crippen molar-refractivity contribution in [2.45, 2.75) is 6.92 Å². The van der Waals surface area contributed by atoms with Crippen molar-refractivity contribution in [2.24, 2.45) is 0 Å². The van der Waals surface area contributed by atoms with E-state index in [0.717, 1.165) is 56.4 Å². The van der Waals surface area contributed by atoms with Gasteiger partial charge < -0.3 is 9.80 Å². The second kappa shape index (κ2) is 19.5. The first-order valence-corrected chi connectivity index (χ1v) is 23.7. The molecule has 2 nitrogen and oxygen atoms in total. The molecule has 11 aromatic carbocycles. The Bertz CT molecular complexity index is 3460. The lowest BCUT2D eigenvalue weighted by atomic mass is 9.96. The minimum atomic E-state index is 1.04. The van der Waals surface area contributed by atoms with Crippen LogP contribution in [0.5, 0.6) is 0 Å². The van der Waals surface area contributed by atoms with Gasteiger partial charge in [0.05, 0.1) is 22.7 Å². The average Bonchev–Trinajstić information content (AvgIpc) is 3.43. The van der Waals surface area contributed by atoms with Crippen LogP contribution >= 0.6 is 0 Å². The summed E-state index contributed by atoms with van der Waals surface area (Å²) in [5.74, 6) is 0. The molecule has 2 heteroatoms. The second-order valence-electron chi connectivity index (χ2n) is 17.4. The van der Waals surface area contributed by atoms with Gasteiger partial charge in [0.15, 0.2) is 0 Å². The van der Waals surface area contributed by atoms with Crippen molar-refractivity contribution in [3.05, 3.63) is 291 Å². The smallest absolute Gasteiger partial charge is 0.0702 e. The molecular formula is C67H50N2. The predicted octanol–water partition coefficient (Wildman–Crippen LogP) is 18.9. The van der Waals surface area contributed by atoms with Gasteiger partial charge in [0.1, 0.15) is 0 Å². The average molecular weight is 883 g/mol. The highest BCUT2D eigenvalue weighted by molar-refractivity contribution is 5.98. The number of hydrogen-bond acceptors (Lipinski definition) is 2. The van der Waals surface area contributed by atoms with Crippen molar-refractivity contribution >= 4 is 34.1 Å². The van der Waals surface area contributed by atoms with Gasteiger partial charge in [-0.1, -0.05) is 237 Å². The molecule has 0 unspecified atom stereocenters. The number of benzene rings is 11. The summed E-state index contributed by atoms with van der Waals surface area (Å²) < 4.78 is 0. The van der Waals surface area contributed by atoms with Crippen molar-refractivity contribution in [2.75, 3.05) is 9.80 Å². The molecule has 0 aromatic heterocycles. The summed E-state index contributed by atoms with van der Waals surface area (Å²) in [4.78, 5) is 4.90. The van der Waals surface area contributed by atoms with Gasteiger partial charge in [-0.25, -0.2) is 0 Å². The molecule has 328 valence electrons. The first kappa shape index (κ1) is 42.6. The van der Waals surface area contributed by atoms with Gasteiger partial charge in [0.2, 0.25) is 0 Å². The first-order chi connectivity index (χ1) is 34.2. The van der Waals surface area contributed by atoms with Crippen LogP contribution in [0.3, 0.4) is 0 Å². The monoisotopic (exact) mass is 882 g/mol. The number of aryl methyl sites for hydroxylation is 1. The van der Waals surface area contributed by atoms with Gasteiger partial charge in [-0.05, 0) is 117 Å². The minimum Gasteiger partial charge on any atom is -0.308 e. The van der Waals surface area contributed by atoms with Gasteiger partial charge in [0.25, 0.3) is 0 Å². The lowest BCUT2D eigenvalue weighted by Crippen LogP contribution is -2.18. The topological polar surface area (TPSA) is 6.48 Å². The standard InChI is InChI=1S/C67H50N2/c1-49-48-60(46-47-61(49)56-26-12-5-13-27-56)69(65-31-17-15-29-63(65)58-40-36-54(37-41-58)51-22-8-3-9-23-51)67-33-19-18-32-66(67)68(59-44-42-55(43-45-59)52-24-10-4-11-25-52)64-30-16-14-28-62(64)57-38-34-53(35-39-57)50-20-6-2-7-21-50/h2-48H,1H3. The first-order valence-electron chi connectivity index (χ1n) is 23.7. The van der Waals surface area contributed by atoms with E-state index in [-0.39, 0.29) is 0 Å². The number of nitrogens with zero attached hydrogens (tertiary/aromatic N) is 2. The lowest BCUT2D eigenvalue weighted by Gasteiger charge is -2.35. The number of rotatable bonds is 12. The van der Waals surface area contributed by atoms with Crippen LogP contribution in [0.25, 0.3) is 66.8 Å². The molecule has 11 aromatic rings. The summed E-state index contributed by atoms with van der Waals surface area (Å²) in [5, 5.41) is 0. The summed E-state index contributed by atoms with van der Waals surface area (Å²) in [6.45, 7) is 2.23. The van der Waals surface area contributed by atoms with Crippen LogP contribution in [0.15, 0.2) is 285 Å². The SMILES string of the molecule is Cc1cc(N(c2ccccc2-c2ccc(-c3ccccc3)cc2)c2ccccc2N(c2ccc(-c3ccccc3)cc2)c2ccccc2-c2ccc(-c3ccccc3)cc2)ccc1-c1ccccc1. The molecule has 0 atom stereocenters. The van der Waals surface area contributed by atoms with Gasteiger partial charge in [-0.2, -0.15) is 0 Å². The molecule has 0 amide bonds. The normalized spacial score (nSPS) is 11.0. The van der Waals surface area contributed by atoms with Crippen LogP contribution in [-0.4, -0.2) is 0 Å². The van der Waals surface area contributed by atoms with Gasteiger partial charge in [0, 0.05) is 22.5 Å². The van der Waals surface area contributed by atoms with Crippen molar-refractivity contribution in [1.29, 1.82) is 0 Å². The molecule has 0 aliphatic carbocycles. The molecule has 0 bridgehead atoms. The van der Waals surface area contributed by atoms with Crippen LogP contribution in [0.2, 0.25) is 0 Å².